The number of nitrogens with two attached hydrogens (primary N) is 2. The number of aliphatic hydroxyl groups is 1. The minimum atomic E-state index is -4.92. The van der Waals surface area contributed by atoms with E-state index in [-0.39, 0.29) is 17.1 Å². The van der Waals surface area contributed by atoms with Crippen molar-refractivity contribution in [3.8, 4) is 0 Å². The second kappa shape index (κ2) is 10.5. The van der Waals surface area contributed by atoms with Crippen molar-refractivity contribution < 1.29 is 38.9 Å². The van der Waals surface area contributed by atoms with Crippen molar-refractivity contribution in [1.29, 1.82) is 0 Å². The van der Waals surface area contributed by atoms with E-state index in [0.29, 0.717) is 6.04 Å². The number of piperidine rings is 1. The summed E-state index contributed by atoms with van der Waals surface area (Å²) in [5.41, 5.74) is 7.34. The number of quaternary nitrogens is 1. The molecule has 130 valence electrons. The van der Waals surface area contributed by atoms with E-state index in [9.17, 15) is 5.11 Å². The van der Waals surface area contributed by atoms with Crippen LogP contribution in [0.1, 0.15) is 30.9 Å². The van der Waals surface area contributed by atoms with Crippen LogP contribution in [0.25, 0.3) is 0 Å². The monoisotopic (exact) mass is 340 g/mol. The van der Waals surface area contributed by atoms with E-state index in [2.05, 4.69) is 5.32 Å². The van der Waals surface area contributed by atoms with Gasteiger partial charge in [0.2, 0.25) is 10.4 Å². The summed E-state index contributed by atoms with van der Waals surface area (Å²) in [6.45, 7) is 1.14. The minimum absolute atomic E-state index is 0. The van der Waals surface area contributed by atoms with Gasteiger partial charge in [-0.05, 0) is 30.5 Å². The van der Waals surface area contributed by atoms with E-state index in [1.54, 1.807) is 0 Å². The van der Waals surface area contributed by atoms with Gasteiger partial charge in [-0.25, -0.2) is 8.42 Å². The lowest BCUT2D eigenvalue weighted by Crippen LogP contribution is -2.92. The van der Waals surface area contributed by atoms with Crippen LogP contribution >= 0.6 is 0 Å². The van der Waals surface area contributed by atoms with Crippen LogP contribution in [-0.2, 0) is 10.4 Å². The molecule has 0 radical (unpaired) electrons. The maximum Gasteiger partial charge on any atom is 0.215 e. The molecule has 1 aromatic carbocycles. The molecule has 0 saturated carbocycles. The average Bonchev–Trinajstić information content (AvgIpc) is 2.38. The van der Waals surface area contributed by atoms with Crippen LogP contribution in [0.2, 0.25) is 0 Å². The van der Waals surface area contributed by atoms with Gasteiger partial charge >= 0.3 is 0 Å². The number of rotatable bonds is 2. The molecule has 0 amide bonds. The number of hydrogen-bond donors (Lipinski definition) is 4. The molecule has 2 rings (SSSR count). The highest BCUT2D eigenvalue weighted by Crippen LogP contribution is 2.20. The van der Waals surface area contributed by atoms with Crippen molar-refractivity contribution in [1.82, 2.24) is 0 Å². The van der Waals surface area contributed by atoms with Crippen LogP contribution in [-0.4, -0.2) is 46.2 Å². The molecule has 9 nitrogen and oxygen atoms in total. The molecule has 22 heavy (non-hydrogen) atoms. The minimum Gasteiger partial charge on any atom is -0.726 e. The Morgan fingerprint density at radius 1 is 1.23 bits per heavy atom. The van der Waals surface area contributed by atoms with E-state index < -0.39 is 10.4 Å². The maximum atomic E-state index is 10.2. The average molecular weight is 340 g/mol. The highest BCUT2D eigenvalue weighted by Gasteiger charge is 2.25. The van der Waals surface area contributed by atoms with Crippen LogP contribution in [0, 0.1) is 0 Å². The SMILES string of the molecule is Nc1ccc(C(O)C2CCCC[NH2+]2)cc1.O.O.O=S(=O)([O-])O. The second-order valence-electron chi connectivity index (χ2n) is 4.72. The Kier molecular flexibility index (Phi) is 10.9. The van der Waals surface area contributed by atoms with Crippen molar-refractivity contribution in [2.75, 3.05) is 12.3 Å². The lowest BCUT2D eigenvalue weighted by atomic mass is 9.95. The van der Waals surface area contributed by atoms with E-state index in [1.165, 1.54) is 12.8 Å². The first-order chi connectivity index (χ1) is 9.27. The molecule has 1 aliphatic heterocycles. The van der Waals surface area contributed by atoms with Crippen LogP contribution in [0.4, 0.5) is 5.69 Å². The lowest BCUT2D eigenvalue weighted by Gasteiger charge is -2.25. The number of anilines is 1. The number of hydrogen-bond acceptors (Lipinski definition) is 5. The summed E-state index contributed by atoms with van der Waals surface area (Å²) in [4.78, 5) is 0. The van der Waals surface area contributed by atoms with Gasteiger partial charge in [0.1, 0.15) is 12.1 Å². The van der Waals surface area contributed by atoms with Crippen molar-refractivity contribution >= 4 is 16.1 Å². The molecule has 1 aliphatic rings. The first kappa shape index (κ1) is 23.0. The van der Waals surface area contributed by atoms with Gasteiger partial charge in [-0.2, -0.15) is 0 Å². The fraction of sp³-hybridized carbons (Fsp3) is 0.500. The van der Waals surface area contributed by atoms with E-state index in [4.69, 9.17) is 23.3 Å². The van der Waals surface area contributed by atoms with Crippen molar-refractivity contribution in [3.05, 3.63) is 29.8 Å². The Morgan fingerprint density at radius 2 is 1.73 bits per heavy atom. The fourth-order valence-corrected chi connectivity index (χ4v) is 2.20. The standard InChI is InChI=1S/C12H18N2O.H2O4S.2H2O/c13-10-6-4-9(5-7-10)12(15)11-3-1-2-8-14-11;1-5(2,3)4;;/h4-7,11-12,14-15H,1-3,8,13H2;(H2,1,2,3,4);2*1H2. The normalized spacial score (nSPS) is 18.8. The zero-order chi connectivity index (χ0) is 15.2. The summed E-state index contributed by atoms with van der Waals surface area (Å²) in [7, 11) is -4.92. The lowest BCUT2D eigenvalue weighted by molar-refractivity contribution is -0.705. The Hall–Kier alpha value is -1.27. The van der Waals surface area contributed by atoms with Gasteiger partial charge in [-0.3, -0.25) is 4.55 Å². The first-order valence-corrected chi connectivity index (χ1v) is 7.69. The van der Waals surface area contributed by atoms with Crippen LogP contribution in [0.3, 0.4) is 0 Å². The third-order valence-electron chi connectivity index (χ3n) is 3.14. The molecule has 0 bridgehead atoms. The number of nitrogen functional groups attached to an aromatic ring is 1. The molecular weight excluding hydrogens is 316 g/mol. The van der Waals surface area contributed by atoms with E-state index >= 15 is 0 Å². The van der Waals surface area contributed by atoms with Crippen LogP contribution in [0.5, 0.6) is 0 Å². The Bertz CT molecular complexity index is 493. The molecule has 10 N–H and O–H groups in total. The van der Waals surface area contributed by atoms with Gasteiger partial charge in [0.05, 0.1) is 6.54 Å². The number of benzene rings is 1. The zero-order valence-corrected chi connectivity index (χ0v) is 12.8. The highest BCUT2D eigenvalue weighted by molar-refractivity contribution is 7.79. The quantitative estimate of drug-likeness (QED) is 0.266. The first-order valence-electron chi connectivity index (χ1n) is 6.32. The summed E-state index contributed by atoms with van der Waals surface area (Å²) in [5, 5.41) is 12.4. The molecule has 0 aromatic heterocycles. The maximum absolute atomic E-state index is 10.2. The van der Waals surface area contributed by atoms with Gasteiger partial charge in [-0.1, -0.05) is 12.1 Å². The molecule has 0 spiro atoms. The highest BCUT2D eigenvalue weighted by atomic mass is 32.3. The molecule has 1 aromatic rings. The smallest absolute Gasteiger partial charge is 0.215 e. The van der Waals surface area contributed by atoms with Gasteiger partial charge in [0.25, 0.3) is 0 Å². The Morgan fingerprint density at radius 3 is 2.14 bits per heavy atom. The Balaban J connectivity index is 0. The van der Waals surface area contributed by atoms with Crippen molar-refractivity contribution in [3.63, 3.8) is 0 Å². The molecule has 1 fully saturated rings. The molecule has 1 heterocycles. The summed E-state index contributed by atoms with van der Waals surface area (Å²) < 4.78 is 32.8. The van der Waals surface area contributed by atoms with Crippen LogP contribution < -0.4 is 11.1 Å². The molecular formula is C12H24N2O7S. The van der Waals surface area contributed by atoms with Gasteiger partial charge < -0.3 is 31.7 Å². The largest absolute Gasteiger partial charge is 0.726 e. The topological polar surface area (TPSA) is 203 Å². The molecule has 2 unspecified atom stereocenters. The number of aliphatic hydroxyl groups excluding tert-OH is 1. The summed E-state index contributed by atoms with van der Waals surface area (Å²) in [6, 6.07) is 7.86. The van der Waals surface area contributed by atoms with Crippen LogP contribution in [0.15, 0.2) is 24.3 Å². The predicted octanol–water partition coefficient (Wildman–Crippen LogP) is -2.23. The fourth-order valence-electron chi connectivity index (χ4n) is 2.20. The van der Waals surface area contributed by atoms with E-state index in [1.807, 2.05) is 24.3 Å². The molecule has 0 aliphatic carbocycles. The van der Waals surface area contributed by atoms with Gasteiger partial charge in [0, 0.05) is 12.1 Å². The molecule has 2 atom stereocenters. The summed E-state index contributed by atoms with van der Waals surface area (Å²) >= 11 is 0. The summed E-state index contributed by atoms with van der Waals surface area (Å²) in [6.07, 6.45) is 3.25. The molecule has 1 saturated heterocycles. The van der Waals surface area contributed by atoms with Crippen molar-refractivity contribution in [2.45, 2.75) is 31.4 Å². The predicted molar refractivity (Wildman–Crippen MR) is 79.8 cm³/mol. The second-order valence-corrected chi connectivity index (χ2v) is 5.58. The van der Waals surface area contributed by atoms with Crippen molar-refractivity contribution in [2.24, 2.45) is 0 Å². The third-order valence-corrected chi connectivity index (χ3v) is 3.14. The third kappa shape index (κ3) is 9.63. The summed E-state index contributed by atoms with van der Waals surface area (Å²) in [5.74, 6) is 0. The molecule has 10 heteroatoms. The van der Waals surface area contributed by atoms with Gasteiger partial charge in [-0.15, -0.1) is 0 Å². The van der Waals surface area contributed by atoms with E-state index in [0.717, 1.165) is 24.2 Å². The zero-order valence-electron chi connectivity index (χ0n) is 12.0. The Labute approximate surface area is 129 Å². The van der Waals surface area contributed by atoms with Gasteiger partial charge in [0.15, 0.2) is 0 Å².